The second-order valence-electron chi connectivity index (χ2n) is 8.56. The third-order valence-electron chi connectivity index (χ3n) is 6.47. The third kappa shape index (κ3) is 4.46. The lowest BCUT2D eigenvalue weighted by atomic mass is 9.84. The number of fused-ring (bicyclic) bond motifs is 1. The van der Waals surface area contributed by atoms with Gasteiger partial charge >= 0.3 is 0 Å². The highest BCUT2D eigenvalue weighted by Crippen LogP contribution is 2.34. The van der Waals surface area contributed by atoms with Crippen LogP contribution in [-0.2, 0) is 6.54 Å². The lowest BCUT2D eigenvalue weighted by Crippen LogP contribution is -2.24. The van der Waals surface area contributed by atoms with Crippen molar-refractivity contribution in [3.05, 3.63) is 83.6 Å². The van der Waals surface area contributed by atoms with Crippen molar-refractivity contribution < 1.29 is 9.53 Å². The van der Waals surface area contributed by atoms with Crippen LogP contribution in [0.5, 0.6) is 5.88 Å². The van der Waals surface area contributed by atoms with Gasteiger partial charge in [0.2, 0.25) is 5.88 Å². The van der Waals surface area contributed by atoms with E-state index in [1.54, 1.807) is 29.8 Å². The van der Waals surface area contributed by atoms with E-state index in [1.807, 2.05) is 24.3 Å². The number of amides is 1. The van der Waals surface area contributed by atoms with Crippen molar-refractivity contribution >= 4 is 11.6 Å². The molecule has 1 saturated carbocycles. The van der Waals surface area contributed by atoms with Crippen molar-refractivity contribution in [3.8, 4) is 17.1 Å². The number of rotatable bonds is 6. The first kappa shape index (κ1) is 21.2. The quantitative estimate of drug-likeness (QED) is 0.437. The van der Waals surface area contributed by atoms with Crippen molar-refractivity contribution in [2.45, 2.75) is 44.6 Å². The Kier molecular flexibility index (Phi) is 6.07. The number of benzene rings is 2. The summed E-state index contributed by atoms with van der Waals surface area (Å²) in [5.41, 5.74) is 5.39. The fourth-order valence-electron chi connectivity index (χ4n) is 4.67. The smallest absolute Gasteiger partial charge is 0.251 e. The van der Waals surface area contributed by atoms with E-state index in [-0.39, 0.29) is 5.91 Å². The van der Waals surface area contributed by atoms with Crippen LogP contribution in [0.3, 0.4) is 0 Å². The van der Waals surface area contributed by atoms with Gasteiger partial charge < -0.3 is 10.1 Å². The van der Waals surface area contributed by atoms with Crippen LogP contribution in [0.25, 0.3) is 16.9 Å². The van der Waals surface area contributed by atoms with E-state index in [0.717, 1.165) is 17.0 Å². The number of ether oxygens (including phenoxy) is 1. The van der Waals surface area contributed by atoms with Gasteiger partial charge in [0.1, 0.15) is 0 Å². The standard InChI is InChI=1S/C27H28N4O2/c1-33-25-17-16-24-29-26(21-14-12-20(13-15-21)19-8-4-2-5-9-19)23(31(24)30-25)18-28-27(32)22-10-6-3-7-11-22/h3,6-7,10-17,19H,2,4-5,8-9,18H2,1H3,(H,28,32). The molecule has 6 heteroatoms. The van der Waals surface area contributed by atoms with E-state index >= 15 is 0 Å². The van der Waals surface area contributed by atoms with Gasteiger partial charge in [-0.05, 0) is 42.5 Å². The highest BCUT2D eigenvalue weighted by molar-refractivity contribution is 5.94. The van der Waals surface area contributed by atoms with Crippen molar-refractivity contribution in [2.75, 3.05) is 7.11 Å². The number of nitrogens with zero attached hydrogens (tertiary/aromatic N) is 3. The second kappa shape index (κ2) is 9.45. The second-order valence-corrected chi connectivity index (χ2v) is 8.56. The Balaban J connectivity index is 1.47. The average Bonchev–Trinajstić information content (AvgIpc) is 3.26. The van der Waals surface area contributed by atoms with Gasteiger partial charge in [-0.3, -0.25) is 4.79 Å². The maximum absolute atomic E-state index is 12.7. The molecule has 0 radical (unpaired) electrons. The number of hydrogen-bond acceptors (Lipinski definition) is 4. The Labute approximate surface area is 193 Å². The molecule has 0 bridgehead atoms. The molecule has 0 spiro atoms. The molecular weight excluding hydrogens is 412 g/mol. The fourth-order valence-corrected chi connectivity index (χ4v) is 4.67. The van der Waals surface area contributed by atoms with Crippen LogP contribution in [0.2, 0.25) is 0 Å². The number of aromatic nitrogens is 3. The molecule has 1 aliphatic rings. The minimum absolute atomic E-state index is 0.132. The van der Waals surface area contributed by atoms with Crippen molar-refractivity contribution in [1.29, 1.82) is 0 Å². The molecule has 2 aromatic carbocycles. The number of hydrogen-bond donors (Lipinski definition) is 1. The molecule has 5 rings (SSSR count). The van der Waals surface area contributed by atoms with Gasteiger partial charge in [-0.1, -0.05) is 61.7 Å². The molecule has 1 fully saturated rings. The zero-order valence-corrected chi connectivity index (χ0v) is 18.8. The summed E-state index contributed by atoms with van der Waals surface area (Å²) in [6.07, 6.45) is 6.53. The third-order valence-corrected chi connectivity index (χ3v) is 6.47. The Morgan fingerprint density at radius 2 is 1.76 bits per heavy atom. The van der Waals surface area contributed by atoms with Crippen molar-refractivity contribution in [2.24, 2.45) is 0 Å². The molecule has 168 valence electrons. The largest absolute Gasteiger partial charge is 0.480 e. The Bertz CT molecular complexity index is 1240. The summed E-state index contributed by atoms with van der Waals surface area (Å²) in [6, 6.07) is 21.6. The van der Waals surface area contributed by atoms with Crippen LogP contribution >= 0.6 is 0 Å². The Morgan fingerprint density at radius 3 is 2.48 bits per heavy atom. The summed E-state index contributed by atoms with van der Waals surface area (Å²) in [4.78, 5) is 17.5. The predicted octanol–water partition coefficient (Wildman–Crippen LogP) is 5.38. The van der Waals surface area contributed by atoms with Crippen LogP contribution in [0.1, 0.15) is 59.6 Å². The van der Waals surface area contributed by atoms with E-state index in [4.69, 9.17) is 9.72 Å². The molecule has 1 amide bonds. The van der Waals surface area contributed by atoms with Crippen LogP contribution < -0.4 is 10.1 Å². The number of carbonyl (C=O) groups is 1. The zero-order valence-electron chi connectivity index (χ0n) is 18.8. The molecule has 4 aromatic rings. The van der Waals surface area contributed by atoms with Crippen LogP contribution in [-0.4, -0.2) is 27.6 Å². The molecule has 0 saturated heterocycles. The molecule has 6 nitrogen and oxygen atoms in total. The molecule has 2 heterocycles. The van der Waals surface area contributed by atoms with E-state index in [9.17, 15) is 4.79 Å². The summed E-state index contributed by atoms with van der Waals surface area (Å²) in [6.45, 7) is 0.300. The minimum Gasteiger partial charge on any atom is -0.480 e. The predicted molar refractivity (Wildman–Crippen MR) is 128 cm³/mol. The number of nitrogens with one attached hydrogen (secondary N) is 1. The highest BCUT2D eigenvalue weighted by atomic mass is 16.5. The van der Waals surface area contributed by atoms with Crippen LogP contribution in [0.4, 0.5) is 0 Å². The van der Waals surface area contributed by atoms with Crippen LogP contribution in [0.15, 0.2) is 66.7 Å². The normalized spacial score (nSPS) is 14.3. The van der Waals surface area contributed by atoms with Crippen molar-refractivity contribution in [3.63, 3.8) is 0 Å². The average molecular weight is 441 g/mol. The highest BCUT2D eigenvalue weighted by Gasteiger charge is 2.19. The van der Waals surface area contributed by atoms with Gasteiger partial charge in [-0.2, -0.15) is 0 Å². The molecule has 0 atom stereocenters. The first-order valence-electron chi connectivity index (χ1n) is 11.6. The van der Waals surface area contributed by atoms with Crippen LogP contribution in [0, 0.1) is 0 Å². The first-order chi connectivity index (χ1) is 16.2. The van der Waals surface area contributed by atoms with Gasteiger partial charge in [-0.25, -0.2) is 9.50 Å². The van der Waals surface area contributed by atoms with Crippen molar-refractivity contribution in [1.82, 2.24) is 19.9 Å². The lowest BCUT2D eigenvalue weighted by Gasteiger charge is -2.22. The molecule has 0 unspecified atom stereocenters. The van der Waals surface area contributed by atoms with Gasteiger partial charge in [0.25, 0.3) is 5.91 Å². The summed E-state index contributed by atoms with van der Waals surface area (Å²) in [5, 5.41) is 7.59. The monoisotopic (exact) mass is 440 g/mol. The fraction of sp³-hybridized carbons (Fsp3) is 0.296. The summed E-state index contributed by atoms with van der Waals surface area (Å²) in [5.74, 6) is 1.02. The first-order valence-corrected chi connectivity index (χ1v) is 11.6. The Hall–Kier alpha value is -3.67. The van der Waals surface area contributed by atoms with E-state index < -0.39 is 0 Å². The van der Waals surface area contributed by atoms with Gasteiger partial charge in [0.15, 0.2) is 5.65 Å². The van der Waals surface area contributed by atoms with E-state index in [2.05, 4.69) is 34.7 Å². The van der Waals surface area contributed by atoms with Gasteiger partial charge in [0, 0.05) is 17.2 Å². The summed E-state index contributed by atoms with van der Waals surface area (Å²) >= 11 is 0. The summed E-state index contributed by atoms with van der Waals surface area (Å²) < 4.78 is 7.08. The topological polar surface area (TPSA) is 68.5 Å². The number of carbonyl (C=O) groups excluding carboxylic acids is 1. The van der Waals surface area contributed by atoms with Gasteiger partial charge in [0.05, 0.1) is 25.0 Å². The molecular formula is C27H28N4O2. The maximum Gasteiger partial charge on any atom is 0.251 e. The number of methoxy groups -OCH3 is 1. The van der Waals surface area contributed by atoms with E-state index in [0.29, 0.717) is 29.6 Å². The van der Waals surface area contributed by atoms with Gasteiger partial charge in [-0.15, -0.1) is 5.10 Å². The van der Waals surface area contributed by atoms with E-state index in [1.165, 1.54) is 37.7 Å². The lowest BCUT2D eigenvalue weighted by molar-refractivity contribution is 0.0950. The Morgan fingerprint density at radius 1 is 1.00 bits per heavy atom. The molecule has 2 aromatic heterocycles. The molecule has 33 heavy (non-hydrogen) atoms. The zero-order chi connectivity index (χ0) is 22.6. The molecule has 1 aliphatic carbocycles. The maximum atomic E-state index is 12.7. The number of imidazole rings is 1. The summed E-state index contributed by atoms with van der Waals surface area (Å²) in [7, 11) is 1.59. The SMILES string of the molecule is COc1ccc2nc(-c3ccc(C4CCCCC4)cc3)c(CNC(=O)c3ccccc3)n2n1. The minimum atomic E-state index is -0.132. The molecule has 1 N–H and O–H groups in total. The molecule has 0 aliphatic heterocycles.